The van der Waals surface area contributed by atoms with Crippen LogP contribution in [0.4, 0.5) is 0 Å². The van der Waals surface area contributed by atoms with Crippen LogP contribution < -0.4 is 0 Å². The van der Waals surface area contributed by atoms with Crippen molar-refractivity contribution in [1.29, 1.82) is 0 Å². The van der Waals surface area contributed by atoms with E-state index < -0.39 is 0 Å². The van der Waals surface area contributed by atoms with Crippen LogP contribution in [0.1, 0.15) is 0 Å². The van der Waals surface area contributed by atoms with Crippen molar-refractivity contribution in [3.63, 3.8) is 0 Å². The minimum absolute atomic E-state index is 1.32. The van der Waals surface area contributed by atoms with E-state index in [1.165, 1.54) is 51.5 Å². The lowest BCUT2D eigenvalue weighted by atomic mass is 10.1. The van der Waals surface area contributed by atoms with Crippen LogP contribution in [-0.2, 0) is 0 Å². The van der Waals surface area contributed by atoms with E-state index in [-0.39, 0.29) is 0 Å². The molecule has 6 rings (SSSR count). The third-order valence-corrected chi connectivity index (χ3v) is 7.62. The first kappa shape index (κ1) is 14.5. The summed E-state index contributed by atoms with van der Waals surface area (Å²) in [7, 11) is 0. The molecule has 0 atom stereocenters. The zero-order valence-corrected chi connectivity index (χ0v) is 15.5. The molecule has 0 N–H and O–H groups in total. The van der Waals surface area contributed by atoms with Gasteiger partial charge in [0.05, 0.1) is 0 Å². The average molecular weight is 367 g/mol. The minimum atomic E-state index is 1.32. The lowest BCUT2D eigenvalue weighted by molar-refractivity contribution is 1.81. The second-order valence-corrected chi connectivity index (χ2v) is 8.74. The van der Waals surface area contributed by atoms with E-state index in [1.807, 2.05) is 22.7 Å². The van der Waals surface area contributed by atoms with Gasteiger partial charge in [-0.15, -0.1) is 22.7 Å². The van der Waals surface area contributed by atoms with E-state index in [1.54, 1.807) is 0 Å². The van der Waals surface area contributed by atoms with Crippen molar-refractivity contribution in [2.45, 2.75) is 0 Å². The van der Waals surface area contributed by atoms with E-state index >= 15 is 0 Å². The Hall–Kier alpha value is -2.68. The summed E-state index contributed by atoms with van der Waals surface area (Å²) in [6, 6.07) is 31.0. The quantitative estimate of drug-likeness (QED) is 0.276. The number of rotatable bonds is 1. The molecule has 2 heteroatoms. The van der Waals surface area contributed by atoms with Crippen LogP contribution in [0.25, 0.3) is 51.5 Å². The van der Waals surface area contributed by atoms with Crippen LogP contribution in [0.2, 0.25) is 0 Å². The molecule has 0 fully saturated rings. The van der Waals surface area contributed by atoms with Crippen molar-refractivity contribution in [3.8, 4) is 9.75 Å². The van der Waals surface area contributed by atoms with Crippen molar-refractivity contribution in [1.82, 2.24) is 0 Å². The molecule has 122 valence electrons. The number of hydrogen-bond donors (Lipinski definition) is 0. The van der Waals surface area contributed by atoms with Gasteiger partial charge in [-0.25, -0.2) is 0 Å². The standard InChI is InChI=1S/C24H14S2/c1-3-7-19-15(5-1)9-11-17-13-21(25-23(17)19)22-14-18-12-10-16-6-2-4-8-20(16)24(18)26-22/h1-14H. The summed E-state index contributed by atoms with van der Waals surface area (Å²) in [4.78, 5) is 2.73. The molecule has 0 saturated carbocycles. The van der Waals surface area contributed by atoms with Crippen molar-refractivity contribution < 1.29 is 0 Å². The van der Waals surface area contributed by atoms with Crippen LogP contribution >= 0.6 is 22.7 Å². The average Bonchev–Trinajstić information content (AvgIpc) is 3.32. The maximum absolute atomic E-state index is 2.35. The molecule has 2 heterocycles. The van der Waals surface area contributed by atoms with Gasteiger partial charge < -0.3 is 0 Å². The van der Waals surface area contributed by atoms with Gasteiger partial charge in [-0.2, -0.15) is 0 Å². The Morgan fingerprint density at radius 2 is 0.846 bits per heavy atom. The molecule has 0 aliphatic carbocycles. The lowest BCUT2D eigenvalue weighted by Crippen LogP contribution is -1.70. The largest absolute Gasteiger partial charge is 0.134 e. The van der Waals surface area contributed by atoms with Gasteiger partial charge in [0.1, 0.15) is 0 Å². The van der Waals surface area contributed by atoms with Crippen molar-refractivity contribution >= 4 is 64.4 Å². The third kappa shape index (κ3) is 2.06. The highest BCUT2D eigenvalue weighted by atomic mass is 32.1. The Morgan fingerprint density at radius 1 is 0.423 bits per heavy atom. The molecule has 4 aromatic carbocycles. The fourth-order valence-electron chi connectivity index (χ4n) is 3.78. The lowest BCUT2D eigenvalue weighted by Gasteiger charge is -1.97. The van der Waals surface area contributed by atoms with Crippen molar-refractivity contribution in [2.24, 2.45) is 0 Å². The van der Waals surface area contributed by atoms with Crippen LogP contribution in [0.15, 0.2) is 84.9 Å². The van der Waals surface area contributed by atoms with Gasteiger partial charge >= 0.3 is 0 Å². The smallest absolute Gasteiger partial charge is 0.0455 e. The minimum Gasteiger partial charge on any atom is -0.134 e. The van der Waals surface area contributed by atoms with Crippen LogP contribution in [0.5, 0.6) is 0 Å². The van der Waals surface area contributed by atoms with Gasteiger partial charge in [0.25, 0.3) is 0 Å². The van der Waals surface area contributed by atoms with Crippen LogP contribution in [0.3, 0.4) is 0 Å². The van der Waals surface area contributed by atoms with Gasteiger partial charge in [-0.05, 0) is 44.5 Å². The summed E-state index contributed by atoms with van der Waals surface area (Å²) in [5.74, 6) is 0. The normalized spacial score (nSPS) is 11.8. The summed E-state index contributed by atoms with van der Waals surface area (Å²) in [5, 5.41) is 8.02. The first-order chi connectivity index (χ1) is 12.9. The Morgan fingerprint density at radius 3 is 1.35 bits per heavy atom. The second kappa shape index (κ2) is 5.41. The molecule has 0 amide bonds. The summed E-state index contributed by atoms with van der Waals surface area (Å²) < 4.78 is 2.78. The summed E-state index contributed by atoms with van der Waals surface area (Å²) in [5.41, 5.74) is 0. The van der Waals surface area contributed by atoms with E-state index in [0.29, 0.717) is 0 Å². The summed E-state index contributed by atoms with van der Waals surface area (Å²) in [6.45, 7) is 0. The predicted octanol–water partition coefficient (Wildman–Crippen LogP) is 8.09. The molecule has 2 aromatic heterocycles. The van der Waals surface area contributed by atoms with Crippen molar-refractivity contribution in [3.05, 3.63) is 84.9 Å². The van der Waals surface area contributed by atoms with Gasteiger partial charge in [-0.1, -0.05) is 72.8 Å². The number of fused-ring (bicyclic) bond motifs is 6. The molecular weight excluding hydrogens is 352 g/mol. The van der Waals surface area contributed by atoms with E-state index in [0.717, 1.165) is 0 Å². The third-order valence-electron chi connectivity index (χ3n) is 5.06. The Labute approximate surface area is 158 Å². The maximum Gasteiger partial charge on any atom is 0.0455 e. The Kier molecular flexibility index (Phi) is 3.01. The number of hydrogen-bond acceptors (Lipinski definition) is 2. The zero-order chi connectivity index (χ0) is 17.1. The topological polar surface area (TPSA) is 0 Å². The highest BCUT2D eigenvalue weighted by molar-refractivity contribution is 7.29. The van der Waals surface area contributed by atoms with Gasteiger partial charge in [0, 0.05) is 19.2 Å². The van der Waals surface area contributed by atoms with E-state index in [2.05, 4.69) is 84.9 Å². The zero-order valence-electron chi connectivity index (χ0n) is 13.9. The SMILES string of the molecule is c1ccc2c(c1)ccc1cc(-c3cc4ccc5ccccc5c4s3)sc12. The highest BCUT2D eigenvalue weighted by Crippen LogP contribution is 2.43. The molecule has 0 nitrogen and oxygen atoms in total. The molecule has 0 unspecified atom stereocenters. The first-order valence-corrected chi connectivity index (χ1v) is 10.3. The van der Waals surface area contributed by atoms with Crippen molar-refractivity contribution in [2.75, 3.05) is 0 Å². The molecular formula is C24H14S2. The van der Waals surface area contributed by atoms with Gasteiger partial charge in [0.2, 0.25) is 0 Å². The second-order valence-electron chi connectivity index (χ2n) is 6.63. The maximum atomic E-state index is 2.35. The number of benzene rings is 4. The molecule has 0 radical (unpaired) electrons. The molecule has 6 aromatic rings. The monoisotopic (exact) mass is 366 g/mol. The molecule has 0 saturated heterocycles. The van der Waals surface area contributed by atoms with Crippen LogP contribution in [-0.4, -0.2) is 0 Å². The number of thiophene rings is 2. The Bertz CT molecular complexity index is 1320. The Balaban J connectivity index is 1.62. The predicted molar refractivity (Wildman–Crippen MR) is 118 cm³/mol. The molecule has 0 aliphatic heterocycles. The molecule has 0 aliphatic rings. The highest BCUT2D eigenvalue weighted by Gasteiger charge is 2.11. The first-order valence-electron chi connectivity index (χ1n) is 8.70. The van der Waals surface area contributed by atoms with E-state index in [4.69, 9.17) is 0 Å². The fraction of sp³-hybridized carbons (Fsp3) is 0. The molecule has 26 heavy (non-hydrogen) atoms. The summed E-state index contributed by atoms with van der Waals surface area (Å²) >= 11 is 3.82. The summed E-state index contributed by atoms with van der Waals surface area (Å²) in [6.07, 6.45) is 0. The van der Waals surface area contributed by atoms with Crippen LogP contribution in [0, 0.1) is 0 Å². The van der Waals surface area contributed by atoms with E-state index in [9.17, 15) is 0 Å². The molecule has 0 bridgehead atoms. The van der Waals surface area contributed by atoms with Gasteiger partial charge in [0.15, 0.2) is 0 Å². The fourth-order valence-corrected chi connectivity index (χ4v) is 6.24. The molecule has 0 spiro atoms. The van der Waals surface area contributed by atoms with Gasteiger partial charge in [-0.3, -0.25) is 0 Å².